The standard InChI is InChI=1S/C14H20N2O5S/c1-3-20-8-4-7-15-22(18,19)11-5-6-13-12(9-11)16-14(17)10(2)21-13/h5-6,9-10,15H,3-4,7-8H2,1-2H3,(H,16,17)/t10-/m1/s1. The summed E-state index contributed by atoms with van der Waals surface area (Å²) in [7, 11) is -3.62. The average Bonchev–Trinajstić information content (AvgIpc) is 2.47. The summed E-state index contributed by atoms with van der Waals surface area (Å²) in [5.74, 6) is 0.161. The van der Waals surface area contributed by atoms with Crippen molar-refractivity contribution < 1.29 is 22.7 Å². The number of benzene rings is 1. The molecule has 0 aliphatic carbocycles. The van der Waals surface area contributed by atoms with Gasteiger partial charge in [0.2, 0.25) is 10.0 Å². The van der Waals surface area contributed by atoms with Crippen LogP contribution in [0.5, 0.6) is 5.75 Å². The first kappa shape index (κ1) is 16.7. The van der Waals surface area contributed by atoms with Crippen molar-refractivity contribution in [1.29, 1.82) is 0 Å². The summed E-state index contributed by atoms with van der Waals surface area (Å²) >= 11 is 0. The Morgan fingerprint density at radius 2 is 2.18 bits per heavy atom. The van der Waals surface area contributed by atoms with Gasteiger partial charge in [-0.2, -0.15) is 0 Å². The van der Waals surface area contributed by atoms with Gasteiger partial charge in [0.1, 0.15) is 5.75 Å². The van der Waals surface area contributed by atoms with Crippen LogP contribution in [0.1, 0.15) is 20.3 Å². The minimum absolute atomic E-state index is 0.0844. The largest absolute Gasteiger partial charge is 0.479 e. The second-order valence-corrected chi connectivity index (χ2v) is 6.62. The van der Waals surface area contributed by atoms with Crippen LogP contribution in [0.3, 0.4) is 0 Å². The van der Waals surface area contributed by atoms with Crippen LogP contribution >= 0.6 is 0 Å². The van der Waals surface area contributed by atoms with Crippen molar-refractivity contribution in [3.8, 4) is 5.75 Å². The lowest BCUT2D eigenvalue weighted by Crippen LogP contribution is -2.34. The summed E-state index contributed by atoms with van der Waals surface area (Å²) < 4.78 is 37.4. The first-order chi connectivity index (χ1) is 10.4. The molecule has 0 fully saturated rings. The highest BCUT2D eigenvalue weighted by Crippen LogP contribution is 2.31. The molecule has 1 atom stereocenters. The number of rotatable bonds is 7. The molecule has 1 aromatic rings. The van der Waals surface area contributed by atoms with Crippen molar-refractivity contribution in [2.75, 3.05) is 25.1 Å². The van der Waals surface area contributed by atoms with Gasteiger partial charge < -0.3 is 14.8 Å². The van der Waals surface area contributed by atoms with E-state index < -0.39 is 16.1 Å². The highest BCUT2D eigenvalue weighted by Gasteiger charge is 2.25. The van der Waals surface area contributed by atoms with Gasteiger partial charge in [-0.1, -0.05) is 0 Å². The quantitative estimate of drug-likeness (QED) is 0.731. The van der Waals surface area contributed by atoms with E-state index in [1.807, 2.05) is 6.92 Å². The molecule has 8 heteroatoms. The average molecular weight is 328 g/mol. The van der Waals surface area contributed by atoms with Crippen LogP contribution in [0.25, 0.3) is 0 Å². The molecule has 0 radical (unpaired) electrons. The Balaban J connectivity index is 2.06. The predicted octanol–water partition coefficient (Wildman–Crippen LogP) is 1.11. The number of carbonyl (C=O) groups is 1. The van der Waals surface area contributed by atoms with Crippen LogP contribution in [-0.2, 0) is 19.6 Å². The SMILES string of the molecule is CCOCCCNS(=O)(=O)c1ccc2c(c1)NC(=O)[C@@H](C)O2. The molecule has 0 spiro atoms. The number of hydrogen-bond acceptors (Lipinski definition) is 5. The summed E-state index contributed by atoms with van der Waals surface area (Å²) in [6.45, 7) is 4.91. The van der Waals surface area contributed by atoms with Crippen molar-refractivity contribution >= 4 is 21.6 Å². The molecule has 0 saturated carbocycles. The fourth-order valence-electron chi connectivity index (χ4n) is 1.96. The Morgan fingerprint density at radius 3 is 2.91 bits per heavy atom. The van der Waals surface area contributed by atoms with Crippen molar-refractivity contribution in [1.82, 2.24) is 4.72 Å². The molecule has 0 saturated heterocycles. The molecule has 2 rings (SSSR count). The fraction of sp³-hybridized carbons (Fsp3) is 0.500. The lowest BCUT2D eigenvalue weighted by atomic mass is 10.2. The Labute approximate surface area is 130 Å². The van der Waals surface area contributed by atoms with Crippen LogP contribution in [0.2, 0.25) is 0 Å². The van der Waals surface area contributed by atoms with Crippen LogP contribution in [-0.4, -0.2) is 40.2 Å². The summed E-state index contributed by atoms with van der Waals surface area (Å²) in [5, 5.41) is 2.63. The summed E-state index contributed by atoms with van der Waals surface area (Å²) in [6, 6.07) is 4.39. The third-order valence-corrected chi connectivity index (χ3v) is 4.61. The van der Waals surface area contributed by atoms with Crippen LogP contribution in [0, 0.1) is 0 Å². The number of amides is 1. The fourth-order valence-corrected chi connectivity index (χ4v) is 3.06. The predicted molar refractivity (Wildman–Crippen MR) is 81.5 cm³/mol. The number of anilines is 1. The topological polar surface area (TPSA) is 93.7 Å². The molecule has 22 heavy (non-hydrogen) atoms. The Hall–Kier alpha value is -1.64. The smallest absolute Gasteiger partial charge is 0.265 e. The molecule has 7 nitrogen and oxygen atoms in total. The number of fused-ring (bicyclic) bond motifs is 1. The third-order valence-electron chi connectivity index (χ3n) is 3.15. The number of sulfonamides is 1. The zero-order valence-electron chi connectivity index (χ0n) is 12.6. The van der Waals surface area contributed by atoms with E-state index >= 15 is 0 Å². The van der Waals surface area contributed by atoms with E-state index in [1.165, 1.54) is 12.1 Å². The van der Waals surface area contributed by atoms with Crippen molar-refractivity contribution in [3.63, 3.8) is 0 Å². The van der Waals surface area contributed by atoms with Gasteiger partial charge in [-0.15, -0.1) is 0 Å². The zero-order chi connectivity index (χ0) is 16.2. The highest BCUT2D eigenvalue weighted by molar-refractivity contribution is 7.89. The molecule has 0 aromatic heterocycles. The summed E-state index contributed by atoms with van der Waals surface area (Å²) in [6.07, 6.45) is 0.00156. The lowest BCUT2D eigenvalue weighted by molar-refractivity contribution is -0.122. The summed E-state index contributed by atoms with van der Waals surface area (Å²) in [5.41, 5.74) is 0.361. The number of ether oxygens (including phenoxy) is 2. The monoisotopic (exact) mass is 328 g/mol. The van der Waals surface area contributed by atoms with E-state index in [-0.39, 0.29) is 10.8 Å². The number of hydrogen-bond donors (Lipinski definition) is 2. The minimum Gasteiger partial charge on any atom is -0.479 e. The van der Waals surface area contributed by atoms with Gasteiger partial charge >= 0.3 is 0 Å². The highest BCUT2D eigenvalue weighted by atomic mass is 32.2. The van der Waals surface area contributed by atoms with E-state index in [4.69, 9.17) is 9.47 Å². The second-order valence-electron chi connectivity index (χ2n) is 4.86. The van der Waals surface area contributed by atoms with Crippen LogP contribution in [0.4, 0.5) is 5.69 Å². The number of carbonyl (C=O) groups excluding carboxylic acids is 1. The zero-order valence-corrected chi connectivity index (χ0v) is 13.4. The molecule has 1 heterocycles. The molecular formula is C14H20N2O5S. The molecule has 1 amide bonds. The van der Waals surface area contributed by atoms with Gasteiger partial charge in [-0.25, -0.2) is 13.1 Å². The van der Waals surface area contributed by atoms with Crippen LogP contribution < -0.4 is 14.8 Å². The molecule has 2 N–H and O–H groups in total. The second kappa shape index (κ2) is 7.08. The molecule has 1 aliphatic rings. The van der Waals surface area contributed by atoms with E-state index in [9.17, 15) is 13.2 Å². The molecular weight excluding hydrogens is 308 g/mol. The van der Waals surface area contributed by atoms with Crippen molar-refractivity contribution in [2.24, 2.45) is 0 Å². The normalized spacial score (nSPS) is 17.5. The lowest BCUT2D eigenvalue weighted by Gasteiger charge is -2.23. The van der Waals surface area contributed by atoms with Gasteiger partial charge in [0.25, 0.3) is 5.91 Å². The third kappa shape index (κ3) is 3.96. The first-order valence-electron chi connectivity index (χ1n) is 7.13. The van der Waals surface area contributed by atoms with E-state index in [0.717, 1.165) is 0 Å². The molecule has 1 aromatic carbocycles. The maximum absolute atomic E-state index is 12.2. The molecule has 0 bridgehead atoms. The Bertz CT molecular complexity index is 645. The van der Waals surface area contributed by atoms with Crippen molar-refractivity contribution in [2.45, 2.75) is 31.3 Å². The molecule has 122 valence electrons. The van der Waals surface area contributed by atoms with Gasteiger partial charge in [-0.05, 0) is 38.5 Å². The van der Waals surface area contributed by atoms with Gasteiger partial charge in [0.05, 0.1) is 10.6 Å². The van der Waals surface area contributed by atoms with E-state index in [0.29, 0.717) is 37.6 Å². The first-order valence-corrected chi connectivity index (χ1v) is 8.61. The maximum atomic E-state index is 12.2. The molecule has 1 aliphatic heterocycles. The number of nitrogens with one attached hydrogen (secondary N) is 2. The maximum Gasteiger partial charge on any atom is 0.265 e. The van der Waals surface area contributed by atoms with Gasteiger partial charge in [0.15, 0.2) is 6.10 Å². The summed E-state index contributed by atoms with van der Waals surface area (Å²) in [4.78, 5) is 11.7. The Kier molecular flexibility index (Phi) is 5.38. The van der Waals surface area contributed by atoms with Crippen molar-refractivity contribution in [3.05, 3.63) is 18.2 Å². The van der Waals surface area contributed by atoms with E-state index in [2.05, 4.69) is 10.0 Å². The van der Waals surface area contributed by atoms with Crippen LogP contribution in [0.15, 0.2) is 23.1 Å². The minimum atomic E-state index is -3.62. The Morgan fingerprint density at radius 1 is 1.41 bits per heavy atom. The van der Waals surface area contributed by atoms with E-state index in [1.54, 1.807) is 13.0 Å². The van der Waals surface area contributed by atoms with Gasteiger partial charge in [0, 0.05) is 19.8 Å². The molecule has 0 unspecified atom stereocenters. The van der Waals surface area contributed by atoms with Gasteiger partial charge in [-0.3, -0.25) is 4.79 Å².